The van der Waals surface area contributed by atoms with E-state index in [1.807, 2.05) is 42.5 Å². The third kappa shape index (κ3) is 3.08. The van der Waals surface area contributed by atoms with Crippen molar-refractivity contribution in [2.24, 2.45) is 0 Å². The third-order valence-corrected chi connectivity index (χ3v) is 4.21. The van der Waals surface area contributed by atoms with Gasteiger partial charge < -0.3 is 14.8 Å². The number of carbonyl (C=O) groups excluding carboxylic acids is 1. The zero-order valence-electron chi connectivity index (χ0n) is 13.1. The van der Waals surface area contributed by atoms with Crippen molar-refractivity contribution in [3.63, 3.8) is 0 Å². The van der Waals surface area contributed by atoms with E-state index in [9.17, 15) is 4.79 Å². The molecule has 0 saturated heterocycles. The van der Waals surface area contributed by atoms with Gasteiger partial charge in [-0.05, 0) is 45.8 Å². The first-order valence-corrected chi connectivity index (χ1v) is 8.17. The summed E-state index contributed by atoms with van der Waals surface area (Å²) in [6.45, 7) is 4.02. The second kappa shape index (κ2) is 6.93. The number of nitrogens with one attached hydrogen (secondary N) is 1. The normalized spacial score (nSPS) is 14.2. The Balaban J connectivity index is 2.03. The Morgan fingerprint density at radius 1 is 1.29 bits per heavy atom. The van der Waals surface area contributed by atoms with Crippen molar-refractivity contribution in [3.8, 4) is 11.5 Å². The molecule has 4 nitrogen and oxygen atoms in total. The lowest BCUT2D eigenvalue weighted by molar-refractivity contribution is -0.110. The van der Waals surface area contributed by atoms with Crippen molar-refractivity contribution >= 4 is 39.2 Å². The first-order valence-electron chi connectivity index (χ1n) is 7.37. The Bertz CT molecular complexity index is 843. The summed E-state index contributed by atoms with van der Waals surface area (Å²) < 4.78 is 11.8. The standard InChI is InChI=1S/C19H16BrNO3/c1-3-8-24-18-15(20)10-12(11-17(18)23-2)9-14-13-6-4-5-7-16(13)21-19(14)22/h3-7,9-11H,1,8H2,2H3,(H,21,22)/b14-9-. The van der Waals surface area contributed by atoms with Crippen molar-refractivity contribution in [3.05, 3.63) is 64.7 Å². The topological polar surface area (TPSA) is 47.6 Å². The van der Waals surface area contributed by atoms with E-state index in [4.69, 9.17) is 9.47 Å². The maximum absolute atomic E-state index is 12.2. The molecule has 0 fully saturated rings. The van der Waals surface area contributed by atoms with Crippen LogP contribution in [0.15, 0.2) is 53.5 Å². The Kier molecular flexibility index (Phi) is 4.71. The van der Waals surface area contributed by atoms with Crippen LogP contribution < -0.4 is 14.8 Å². The Morgan fingerprint density at radius 2 is 2.08 bits per heavy atom. The number of benzene rings is 2. The molecule has 5 heteroatoms. The maximum atomic E-state index is 12.2. The number of hydrogen-bond donors (Lipinski definition) is 1. The van der Waals surface area contributed by atoms with E-state index in [1.54, 1.807) is 13.2 Å². The Hall–Kier alpha value is -2.53. The van der Waals surface area contributed by atoms with Crippen molar-refractivity contribution < 1.29 is 14.3 Å². The van der Waals surface area contributed by atoms with Crippen LogP contribution >= 0.6 is 15.9 Å². The van der Waals surface area contributed by atoms with Crippen LogP contribution in [0, 0.1) is 0 Å². The molecule has 0 spiro atoms. The second-order valence-corrected chi connectivity index (χ2v) is 6.05. The van der Waals surface area contributed by atoms with Crippen LogP contribution in [0.1, 0.15) is 11.1 Å². The third-order valence-electron chi connectivity index (χ3n) is 3.62. The second-order valence-electron chi connectivity index (χ2n) is 5.19. The summed E-state index contributed by atoms with van der Waals surface area (Å²) in [4.78, 5) is 12.2. The van der Waals surface area contributed by atoms with Crippen molar-refractivity contribution in [2.75, 3.05) is 19.0 Å². The number of anilines is 1. The number of para-hydroxylation sites is 1. The first-order chi connectivity index (χ1) is 11.6. The molecular formula is C19H16BrNO3. The molecule has 0 aromatic heterocycles. The molecule has 2 aromatic rings. The quantitative estimate of drug-likeness (QED) is 0.608. The van der Waals surface area contributed by atoms with E-state index < -0.39 is 0 Å². The number of halogens is 1. The lowest BCUT2D eigenvalue weighted by Gasteiger charge is -2.12. The fourth-order valence-corrected chi connectivity index (χ4v) is 3.13. The van der Waals surface area contributed by atoms with Gasteiger partial charge in [-0.15, -0.1) is 0 Å². The number of fused-ring (bicyclic) bond motifs is 1. The predicted octanol–water partition coefficient (Wildman–Crippen LogP) is 4.52. The SMILES string of the molecule is C=CCOc1c(Br)cc(/C=C2\C(=O)Nc3ccccc32)cc1OC. The summed E-state index contributed by atoms with van der Waals surface area (Å²) in [7, 11) is 1.58. The van der Waals surface area contributed by atoms with E-state index in [0.29, 0.717) is 23.7 Å². The van der Waals surface area contributed by atoms with Gasteiger partial charge in [0.25, 0.3) is 5.91 Å². The molecule has 1 heterocycles. The molecular weight excluding hydrogens is 370 g/mol. The van der Waals surface area contributed by atoms with E-state index in [-0.39, 0.29) is 5.91 Å². The Labute approximate surface area is 148 Å². The smallest absolute Gasteiger partial charge is 0.256 e. The molecule has 1 aliphatic heterocycles. The van der Waals surface area contributed by atoms with Gasteiger partial charge in [0.15, 0.2) is 11.5 Å². The number of amides is 1. The molecule has 122 valence electrons. The van der Waals surface area contributed by atoms with Gasteiger partial charge in [-0.25, -0.2) is 0 Å². The fraction of sp³-hybridized carbons (Fsp3) is 0.105. The molecule has 1 N–H and O–H groups in total. The van der Waals surface area contributed by atoms with Gasteiger partial charge in [-0.2, -0.15) is 0 Å². The molecule has 24 heavy (non-hydrogen) atoms. The van der Waals surface area contributed by atoms with E-state index in [2.05, 4.69) is 27.8 Å². The van der Waals surface area contributed by atoms with Crippen LogP contribution in [0.5, 0.6) is 11.5 Å². The highest BCUT2D eigenvalue weighted by Gasteiger charge is 2.23. The molecule has 2 aromatic carbocycles. The lowest BCUT2D eigenvalue weighted by Crippen LogP contribution is -2.03. The number of ether oxygens (including phenoxy) is 2. The molecule has 0 saturated carbocycles. The van der Waals surface area contributed by atoms with Crippen molar-refractivity contribution in [1.29, 1.82) is 0 Å². The van der Waals surface area contributed by atoms with E-state index in [0.717, 1.165) is 21.3 Å². The average Bonchev–Trinajstić information content (AvgIpc) is 2.89. The summed E-state index contributed by atoms with van der Waals surface area (Å²) >= 11 is 3.50. The molecule has 1 aliphatic rings. The summed E-state index contributed by atoms with van der Waals surface area (Å²) in [5.74, 6) is 1.08. The summed E-state index contributed by atoms with van der Waals surface area (Å²) in [5.41, 5.74) is 3.18. The highest BCUT2D eigenvalue weighted by atomic mass is 79.9. The number of hydrogen-bond acceptors (Lipinski definition) is 3. The minimum absolute atomic E-state index is 0.113. The van der Waals surface area contributed by atoms with Gasteiger partial charge in [0.05, 0.1) is 11.6 Å². The highest BCUT2D eigenvalue weighted by molar-refractivity contribution is 9.10. The summed E-state index contributed by atoms with van der Waals surface area (Å²) in [6.07, 6.45) is 3.51. The molecule has 0 aliphatic carbocycles. The largest absolute Gasteiger partial charge is 0.493 e. The van der Waals surface area contributed by atoms with Gasteiger partial charge in [-0.3, -0.25) is 4.79 Å². The zero-order valence-corrected chi connectivity index (χ0v) is 14.7. The number of carbonyl (C=O) groups is 1. The fourth-order valence-electron chi connectivity index (χ4n) is 2.55. The molecule has 1 amide bonds. The van der Waals surface area contributed by atoms with Crippen molar-refractivity contribution in [1.82, 2.24) is 0 Å². The molecule has 0 radical (unpaired) electrons. The van der Waals surface area contributed by atoms with Crippen LogP contribution in [0.25, 0.3) is 11.6 Å². The van der Waals surface area contributed by atoms with Gasteiger partial charge in [0, 0.05) is 16.8 Å². The van der Waals surface area contributed by atoms with E-state index in [1.165, 1.54) is 0 Å². The van der Waals surface area contributed by atoms with Gasteiger partial charge in [0.1, 0.15) is 6.61 Å². The molecule has 3 rings (SSSR count). The lowest BCUT2D eigenvalue weighted by atomic mass is 10.0. The van der Waals surface area contributed by atoms with Crippen LogP contribution in [0.4, 0.5) is 5.69 Å². The minimum Gasteiger partial charge on any atom is -0.493 e. The summed E-state index contributed by atoms with van der Waals surface area (Å²) in [6, 6.07) is 11.3. The average molecular weight is 386 g/mol. The maximum Gasteiger partial charge on any atom is 0.256 e. The molecule has 0 atom stereocenters. The molecule has 0 bridgehead atoms. The Morgan fingerprint density at radius 3 is 2.83 bits per heavy atom. The minimum atomic E-state index is -0.113. The van der Waals surface area contributed by atoms with Gasteiger partial charge in [-0.1, -0.05) is 30.9 Å². The summed E-state index contributed by atoms with van der Waals surface area (Å²) in [5, 5.41) is 2.86. The zero-order chi connectivity index (χ0) is 17.1. The monoisotopic (exact) mass is 385 g/mol. The van der Waals surface area contributed by atoms with E-state index >= 15 is 0 Å². The highest BCUT2D eigenvalue weighted by Crippen LogP contribution is 2.39. The van der Waals surface area contributed by atoms with Crippen LogP contribution in [0.2, 0.25) is 0 Å². The number of methoxy groups -OCH3 is 1. The van der Waals surface area contributed by atoms with Crippen LogP contribution in [0.3, 0.4) is 0 Å². The van der Waals surface area contributed by atoms with Crippen molar-refractivity contribution in [2.45, 2.75) is 0 Å². The molecule has 0 unspecified atom stereocenters. The predicted molar refractivity (Wildman–Crippen MR) is 99.3 cm³/mol. The number of rotatable bonds is 5. The van der Waals surface area contributed by atoms with Crippen LogP contribution in [-0.4, -0.2) is 19.6 Å². The van der Waals surface area contributed by atoms with Gasteiger partial charge in [0.2, 0.25) is 0 Å². The van der Waals surface area contributed by atoms with Crippen LogP contribution in [-0.2, 0) is 4.79 Å². The van der Waals surface area contributed by atoms with Gasteiger partial charge >= 0.3 is 0 Å². The first kappa shape index (κ1) is 16.3.